The third-order valence-electron chi connectivity index (χ3n) is 2.49. The van der Waals surface area contributed by atoms with Gasteiger partial charge >= 0.3 is 6.18 Å². The molecule has 0 spiro atoms. The minimum absolute atomic E-state index is 0.0561. The Labute approximate surface area is 117 Å². The summed E-state index contributed by atoms with van der Waals surface area (Å²) in [5.74, 6) is -0.0318. The largest absolute Gasteiger partial charge is 0.433 e. The number of hydrogen-bond donors (Lipinski definition) is 2. The number of aromatic nitrogens is 2. The van der Waals surface area contributed by atoms with Crippen LogP contribution in [-0.4, -0.2) is 38.8 Å². The summed E-state index contributed by atoms with van der Waals surface area (Å²) in [6.45, 7) is 4.15. The average Bonchev–Trinajstić information content (AvgIpc) is 2.35. The Morgan fingerprint density at radius 3 is 2.50 bits per heavy atom. The van der Waals surface area contributed by atoms with Gasteiger partial charge in [0.15, 0.2) is 5.69 Å². The first-order chi connectivity index (χ1) is 9.24. The van der Waals surface area contributed by atoms with Gasteiger partial charge in [-0.1, -0.05) is 0 Å². The summed E-state index contributed by atoms with van der Waals surface area (Å²) in [7, 11) is -1.06. The van der Waals surface area contributed by atoms with Gasteiger partial charge in [0.2, 0.25) is 5.95 Å². The van der Waals surface area contributed by atoms with Crippen LogP contribution in [0.5, 0.6) is 0 Å². The molecule has 114 valence electrons. The van der Waals surface area contributed by atoms with Gasteiger partial charge in [-0.15, -0.1) is 0 Å². The predicted molar refractivity (Wildman–Crippen MR) is 73.2 cm³/mol. The topological polar surface area (TPSA) is 66.9 Å². The van der Waals surface area contributed by atoms with Gasteiger partial charge in [-0.25, -0.2) is 4.98 Å². The second-order valence-corrected chi connectivity index (χ2v) is 5.98. The molecule has 9 heteroatoms. The van der Waals surface area contributed by atoms with Gasteiger partial charge in [0.25, 0.3) is 0 Å². The second kappa shape index (κ2) is 6.87. The van der Waals surface area contributed by atoms with Gasteiger partial charge in [0.05, 0.1) is 0 Å². The van der Waals surface area contributed by atoms with Crippen molar-refractivity contribution in [2.24, 2.45) is 0 Å². The number of alkyl halides is 3. The van der Waals surface area contributed by atoms with Crippen LogP contribution in [0.1, 0.15) is 19.5 Å². The molecule has 0 amide bonds. The van der Waals surface area contributed by atoms with Crippen molar-refractivity contribution >= 4 is 22.6 Å². The predicted octanol–water partition coefficient (Wildman–Crippen LogP) is 2.11. The average molecular weight is 310 g/mol. The molecule has 0 aliphatic heterocycles. The molecule has 0 radical (unpaired) electrons. The summed E-state index contributed by atoms with van der Waals surface area (Å²) < 4.78 is 49.4. The molecule has 0 bridgehead atoms. The summed E-state index contributed by atoms with van der Waals surface area (Å²) >= 11 is 0. The van der Waals surface area contributed by atoms with E-state index in [1.54, 1.807) is 13.8 Å². The molecule has 0 aliphatic carbocycles. The van der Waals surface area contributed by atoms with Gasteiger partial charge in [0.1, 0.15) is 5.82 Å². The zero-order valence-electron chi connectivity index (χ0n) is 11.4. The Morgan fingerprint density at radius 1 is 1.35 bits per heavy atom. The standard InChI is InChI=1S/C11H17F3N4OS/c1-4-15-10-17-8(11(12,13)14)5-9(18-10)16-6-7(2)20(3)19/h5,7H,4,6H2,1-3H3,(H2,15,16,17,18). The molecule has 0 aliphatic rings. The first-order valence-corrected chi connectivity index (χ1v) is 7.62. The maximum Gasteiger partial charge on any atom is 0.433 e. The highest BCUT2D eigenvalue weighted by Crippen LogP contribution is 2.29. The van der Waals surface area contributed by atoms with Crippen LogP contribution in [0, 0.1) is 0 Å². The van der Waals surface area contributed by atoms with Crippen LogP contribution in [0.15, 0.2) is 6.07 Å². The van der Waals surface area contributed by atoms with E-state index in [-0.39, 0.29) is 23.6 Å². The maximum absolute atomic E-state index is 12.7. The van der Waals surface area contributed by atoms with E-state index in [2.05, 4.69) is 20.6 Å². The van der Waals surface area contributed by atoms with Crippen molar-refractivity contribution in [1.82, 2.24) is 9.97 Å². The fraction of sp³-hybridized carbons (Fsp3) is 0.636. The SMILES string of the molecule is CCNc1nc(NCC(C)S(C)=O)cc(C(F)(F)F)n1. The van der Waals surface area contributed by atoms with Crippen LogP contribution < -0.4 is 10.6 Å². The third kappa shape index (κ3) is 4.95. The first kappa shape index (κ1) is 16.7. The van der Waals surface area contributed by atoms with Gasteiger partial charge < -0.3 is 10.6 Å². The van der Waals surface area contributed by atoms with Crippen molar-refractivity contribution in [1.29, 1.82) is 0 Å². The number of hydrogen-bond acceptors (Lipinski definition) is 5. The van der Waals surface area contributed by atoms with Crippen LogP contribution in [-0.2, 0) is 17.0 Å². The van der Waals surface area contributed by atoms with E-state index in [4.69, 9.17) is 0 Å². The molecule has 1 heterocycles. The summed E-state index contributed by atoms with van der Waals surface area (Å²) in [5.41, 5.74) is -1.02. The maximum atomic E-state index is 12.7. The normalized spacial score (nSPS) is 14.7. The lowest BCUT2D eigenvalue weighted by Gasteiger charge is -2.14. The summed E-state index contributed by atoms with van der Waals surface area (Å²) in [5, 5.41) is 5.21. The van der Waals surface area contributed by atoms with Crippen LogP contribution in [0.25, 0.3) is 0 Å². The van der Waals surface area contributed by atoms with E-state index in [9.17, 15) is 17.4 Å². The lowest BCUT2D eigenvalue weighted by molar-refractivity contribution is -0.141. The number of rotatable bonds is 6. The minimum Gasteiger partial charge on any atom is -0.369 e. The molecular formula is C11H17F3N4OS. The van der Waals surface area contributed by atoms with Crippen molar-refractivity contribution in [3.05, 3.63) is 11.8 Å². The molecule has 2 N–H and O–H groups in total. The molecule has 0 saturated heterocycles. The zero-order valence-corrected chi connectivity index (χ0v) is 12.2. The minimum atomic E-state index is -4.54. The van der Waals surface area contributed by atoms with Gasteiger partial charge in [0, 0.05) is 41.5 Å². The fourth-order valence-corrected chi connectivity index (χ4v) is 1.60. The molecule has 20 heavy (non-hydrogen) atoms. The van der Waals surface area contributed by atoms with Crippen molar-refractivity contribution in [3.8, 4) is 0 Å². The Kier molecular flexibility index (Phi) is 5.73. The monoisotopic (exact) mass is 310 g/mol. The van der Waals surface area contributed by atoms with Crippen molar-refractivity contribution in [3.63, 3.8) is 0 Å². The van der Waals surface area contributed by atoms with Crippen molar-refractivity contribution < 1.29 is 17.4 Å². The highest BCUT2D eigenvalue weighted by Gasteiger charge is 2.33. The highest BCUT2D eigenvalue weighted by atomic mass is 32.2. The molecule has 1 aromatic rings. The van der Waals surface area contributed by atoms with Crippen LogP contribution in [0.4, 0.5) is 24.9 Å². The zero-order chi connectivity index (χ0) is 15.3. The summed E-state index contributed by atoms with van der Waals surface area (Å²) in [6.07, 6.45) is -3.00. The Morgan fingerprint density at radius 2 is 2.00 bits per heavy atom. The van der Waals surface area contributed by atoms with E-state index in [0.717, 1.165) is 6.07 Å². The van der Waals surface area contributed by atoms with E-state index < -0.39 is 22.7 Å². The van der Waals surface area contributed by atoms with E-state index >= 15 is 0 Å². The summed E-state index contributed by atoms with van der Waals surface area (Å²) in [6, 6.07) is 0.839. The summed E-state index contributed by atoms with van der Waals surface area (Å²) in [4.78, 5) is 7.35. The van der Waals surface area contributed by atoms with Crippen LogP contribution in [0.2, 0.25) is 0 Å². The van der Waals surface area contributed by atoms with Crippen LogP contribution in [0.3, 0.4) is 0 Å². The van der Waals surface area contributed by atoms with E-state index in [1.165, 1.54) is 6.26 Å². The third-order valence-corrected chi connectivity index (χ3v) is 3.79. The van der Waals surface area contributed by atoms with E-state index in [1.807, 2.05) is 0 Å². The molecule has 0 aromatic carbocycles. The molecule has 2 atom stereocenters. The fourth-order valence-electron chi connectivity index (χ4n) is 1.29. The van der Waals surface area contributed by atoms with Crippen molar-refractivity contribution in [2.45, 2.75) is 25.3 Å². The molecular weight excluding hydrogens is 293 g/mol. The van der Waals surface area contributed by atoms with E-state index in [0.29, 0.717) is 6.54 Å². The van der Waals surface area contributed by atoms with Gasteiger partial charge in [-0.2, -0.15) is 18.2 Å². The molecule has 0 fully saturated rings. The Hall–Kier alpha value is -1.38. The number of nitrogens with zero attached hydrogens (tertiary/aromatic N) is 2. The first-order valence-electron chi connectivity index (χ1n) is 6.00. The lowest BCUT2D eigenvalue weighted by Crippen LogP contribution is -2.22. The molecule has 1 aromatic heterocycles. The second-order valence-electron chi connectivity index (χ2n) is 4.18. The quantitative estimate of drug-likeness (QED) is 0.842. The van der Waals surface area contributed by atoms with Crippen LogP contribution >= 0.6 is 0 Å². The number of nitrogens with one attached hydrogen (secondary N) is 2. The Bertz CT molecular complexity index is 481. The number of anilines is 2. The highest BCUT2D eigenvalue weighted by molar-refractivity contribution is 7.84. The molecule has 1 rings (SSSR count). The molecule has 5 nitrogen and oxygen atoms in total. The van der Waals surface area contributed by atoms with Gasteiger partial charge in [-0.05, 0) is 13.8 Å². The lowest BCUT2D eigenvalue weighted by atomic mass is 10.3. The number of halogens is 3. The Balaban J connectivity index is 2.94. The molecule has 2 unspecified atom stereocenters. The van der Waals surface area contributed by atoms with Gasteiger partial charge in [-0.3, -0.25) is 4.21 Å². The molecule has 0 saturated carbocycles. The smallest absolute Gasteiger partial charge is 0.369 e. The van der Waals surface area contributed by atoms with Crippen molar-refractivity contribution in [2.75, 3.05) is 30.0 Å².